The van der Waals surface area contributed by atoms with E-state index in [0.29, 0.717) is 23.9 Å². The average Bonchev–Trinajstić information content (AvgIpc) is 3.20. The highest BCUT2D eigenvalue weighted by atomic mass is 35.5. The Kier molecular flexibility index (Phi) is 6.54. The van der Waals surface area contributed by atoms with Crippen LogP contribution >= 0.6 is 22.9 Å². The maximum Gasteiger partial charge on any atom is 0.327 e. The normalized spacial score (nSPS) is 11.2. The number of carbonyl (C=O) groups is 1. The highest BCUT2D eigenvalue weighted by Gasteiger charge is 2.20. The van der Waals surface area contributed by atoms with Crippen LogP contribution in [0.3, 0.4) is 0 Å². The molecule has 0 saturated heterocycles. The van der Waals surface area contributed by atoms with E-state index in [2.05, 4.69) is 42.4 Å². The van der Waals surface area contributed by atoms with Crippen LogP contribution in [0.5, 0.6) is 0 Å². The molecule has 0 aliphatic carbocycles. The molecule has 0 radical (unpaired) electrons. The Balaban J connectivity index is 1.84. The Hall–Kier alpha value is -2.15. The minimum absolute atomic E-state index is 0.0357. The van der Waals surface area contributed by atoms with Crippen LogP contribution < -0.4 is 0 Å². The first-order valence-corrected chi connectivity index (χ1v) is 10.2. The second kappa shape index (κ2) is 8.90. The Labute approximate surface area is 174 Å². The van der Waals surface area contributed by atoms with Gasteiger partial charge in [-0.3, -0.25) is 9.48 Å². The summed E-state index contributed by atoms with van der Waals surface area (Å²) in [5.41, 5.74) is 3.83. The van der Waals surface area contributed by atoms with Crippen LogP contribution in [-0.4, -0.2) is 47.9 Å². The van der Waals surface area contributed by atoms with Gasteiger partial charge in [-0.25, -0.2) is 0 Å². The van der Waals surface area contributed by atoms with Crippen molar-refractivity contribution in [3.63, 3.8) is 0 Å². The van der Waals surface area contributed by atoms with Crippen molar-refractivity contribution in [2.45, 2.75) is 20.4 Å². The van der Waals surface area contributed by atoms with Crippen molar-refractivity contribution in [3.05, 3.63) is 52.7 Å². The van der Waals surface area contributed by atoms with Crippen LogP contribution in [0.25, 0.3) is 21.0 Å². The van der Waals surface area contributed by atoms with E-state index in [1.807, 2.05) is 32.0 Å². The molecular formula is C21H24ClN3O2S. The van der Waals surface area contributed by atoms with Gasteiger partial charge in [0.2, 0.25) is 0 Å². The molecule has 0 unspecified atom stereocenters. The summed E-state index contributed by atoms with van der Waals surface area (Å²) >= 11 is 8.16. The molecule has 0 saturated carbocycles. The minimum Gasteiger partial charge on any atom is -0.463 e. The Bertz CT molecular complexity index is 978. The third-order valence-electron chi connectivity index (χ3n) is 4.28. The molecule has 0 spiro atoms. The second-order valence-corrected chi connectivity index (χ2v) is 8.42. The van der Waals surface area contributed by atoms with E-state index in [9.17, 15) is 4.79 Å². The van der Waals surface area contributed by atoms with Gasteiger partial charge in [0.05, 0.1) is 21.3 Å². The Morgan fingerprint density at radius 2 is 1.96 bits per heavy atom. The lowest BCUT2D eigenvalue weighted by atomic mass is 10.1. The van der Waals surface area contributed by atoms with Crippen molar-refractivity contribution in [1.82, 2.24) is 14.7 Å². The van der Waals surface area contributed by atoms with Gasteiger partial charge in [0.15, 0.2) is 0 Å². The molecule has 0 bridgehead atoms. The van der Waals surface area contributed by atoms with Crippen LogP contribution in [0.4, 0.5) is 0 Å². The van der Waals surface area contributed by atoms with E-state index in [0.717, 1.165) is 15.4 Å². The fourth-order valence-electron chi connectivity index (χ4n) is 2.84. The number of aromatic nitrogens is 2. The van der Waals surface area contributed by atoms with Gasteiger partial charge < -0.3 is 9.64 Å². The fourth-order valence-corrected chi connectivity index (χ4v) is 4.19. The van der Waals surface area contributed by atoms with Gasteiger partial charge in [-0.1, -0.05) is 41.4 Å². The largest absolute Gasteiger partial charge is 0.463 e. The van der Waals surface area contributed by atoms with E-state index >= 15 is 0 Å². The Morgan fingerprint density at radius 1 is 1.21 bits per heavy atom. The van der Waals surface area contributed by atoms with Crippen molar-refractivity contribution in [2.75, 3.05) is 27.2 Å². The first kappa shape index (κ1) is 20.6. The zero-order chi connectivity index (χ0) is 20.3. The maximum absolute atomic E-state index is 12.2. The molecule has 7 heteroatoms. The average molecular weight is 418 g/mol. The Morgan fingerprint density at radius 3 is 2.68 bits per heavy atom. The number of ether oxygens (including phenoxy) is 1. The third kappa shape index (κ3) is 4.82. The summed E-state index contributed by atoms with van der Waals surface area (Å²) in [6.45, 7) is 4.99. The van der Waals surface area contributed by atoms with Crippen LogP contribution in [0.15, 0.2) is 36.4 Å². The summed E-state index contributed by atoms with van der Waals surface area (Å²) < 4.78 is 6.94. The van der Waals surface area contributed by atoms with E-state index in [-0.39, 0.29) is 12.5 Å². The van der Waals surface area contributed by atoms with Crippen LogP contribution in [0, 0.1) is 13.8 Å². The summed E-state index contributed by atoms with van der Waals surface area (Å²) in [4.78, 5) is 16.3. The van der Waals surface area contributed by atoms with E-state index in [4.69, 9.17) is 16.3 Å². The van der Waals surface area contributed by atoms with Crippen LogP contribution in [0.1, 0.15) is 11.3 Å². The zero-order valence-corrected chi connectivity index (χ0v) is 18.1. The number of likely N-dealkylation sites (N-methyl/N-ethyl adjacent to an activating group) is 1. The highest BCUT2D eigenvalue weighted by Crippen LogP contribution is 2.38. The topological polar surface area (TPSA) is 47.4 Å². The minimum atomic E-state index is -0.322. The molecule has 28 heavy (non-hydrogen) atoms. The predicted octanol–water partition coefficient (Wildman–Crippen LogP) is 4.65. The molecule has 0 amide bonds. The quantitative estimate of drug-likeness (QED) is 0.525. The zero-order valence-electron chi connectivity index (χ0n) is 16.5. The fraction of sp³-hybridized carbons (Fsp3) is 0.333. The van der Waals surface area contributed by atoms with Crippen molar-refractivity contribution >= 4 is 28.9 Å². The molecular weight excluding hydrogens is 394 g/mol. The number of aryl methyl sites for hydroxylation is 2. The summed E-state index contributed by atoms with van der Waals surface area (Å²) in [5.74, 6) is -0.322. The molecule has 2 aromatic heterocycles. The van der Waals surface area contributed by atoms with Gasteiger partial charge in [0.1, 0.15) is 13.2 Å². The van der Waals surface area contributed by atoms with Gasteiger partial charge in [-0.05, 0) is 45.6 Å². The number of esters is 1. The van der Waals surface area contributed by atoms with Gasteiger partial charge in [0.25, 0.3) is 0 Å². The lowest BCUT2D eigenvalue weighted by Crippen LogP contribution is -2.22. The van der Waals surface area contributed by atoms with Crippen molar-refractivity contribution < 1.29 is 9.53 Å². The standard InChI is InChI=1S/C21H24ClN3O2S/c1-14-6-5-7-16(12-14)17-8-9-18(28-17)21-20(22)15(2)23-25(21)13-19(26)27-11-10-24(3)4/h5-9,12H,10-11,13H2,1-4H3. The second-order valence-electron chi connectivity index (χ2n) is 6.96. The van der Waals surface area contributed by atoms with Gasteiger partial charge in [0, 0.05) is 11.4 Å². The molecule has 0 atom stereocenters. The number of hydrogen-bond acceptors (Lipinski definition) is 5. The van der Waals surface area contributed by atoms with E-state index in [1.54, 1.807) is 16.0 Å². The van der Waals surface area contributed by atoms with Crippen molar-refractivity contribution in [1.29, 1.82) is 0 Å². The number of nitrogens with zero attached hydrogens (tertiary/aromatic N) is 3. The molecule has 1 aromatic carbocycles. The maximum atomic E-state index is 12.2. The molecule has 148 valence electrons. The van der Waals surface area contributed by atoms with Gasteiger partial charge >= 0.3 is 5.97 Å². The van der Waals surface area contributed by atoms with E-state index < -0.39 is 0 Å². The molecule has 0 aliphatic heterocycles. The summed E-state index contributed by atoms with van der Waals surface area (Å²) in [5, 5.41) is 5.01. The lowest BCUT2D eigenvalue weighted by molar-refractivity contribution is -0.144. The third-order valence-corrected chi connectivity index (χ3v) is 5.87. The smallest absolute Gasteiger partial charge is 0.327 e. The molecule has 2 heterocycles. The molecule has 5 nitrogen and oxygen atoms in total. The monoisotopic (exact) mass is 417 g/mol. The summed E-state index contributed by atoms with van der Waals surface area (Å²) in [6, 6.07) is 12.5. The predicted molar refractivity (Wildman–Crippen MR) is 115 cm³/mol. The number of carbonyl (C=O) groups excluding carboxylic acids is 1. The first-order valence-electron chi connectivity index (χ1n) is 9.05. The first-order chi connectivity index (χ1) is 13.3. The molecule has 0 aliphatic rings. The highest BCUT2D eigenvalue weighted by molar-refractivity contribution is 7.18. The van der Waals surface area contributed by atoms with Crippen LogP contribution in [0.2, 0.25) is 5.02 Å². The number of thiophene rings is 1. The number of halogens is 1. The number of benzene rings is 1. The van der Waals surface area contributed by atoms with Crippen molar-refractivity contribution in [3.8, 4) is 21.0 Å². The molecule has 0 N–H and O–H groups in total. The van der Waals surface area contributed by atoms with Crippen molar-refractivity contribution in [2.24, 2.45) is 0 Å². The number of rotatable bonds is 7. The van der Waals surface area contributed by atoms with Crippen LogP contribution in [-0.2, 0) is 16.1 Å². The summed E-state index contributed by atoms with van der Waals surface area (Å²) in [7, 11) is 3.87. The van der Waals surface area contributed by atoms with E-state index in [1.165, 1.54) is 11.1 Å². The van der Waals surface area contributed by atoms with Gasteiger partial charge in [-0.15, -0.1) is 11.3 Å². The number of hydrogen-bond donors (Lipinski definition) is 0. The molecule has 3 rings (SSSR count). The van der Waals surface area contributed by atoms with Gasteiger partial charge in [-0.2, -0.15) is 5.10 Å². The SMILES string of the molecule is Cc1cccc(-c2ccc(-c3c(Cl)c(C)nn3CC(=O)OCCN(C)C)s2)c1. The summed E-state index contributed by atoms with van der Waals surface area (Å²) in [6.07, 6.45) is 0. The molecule has 0 fully saturated rings. The lowest BCUT2D eigenvalue weighted by Gasteiger charge is -2.11. The molecule has 3 aromatic rings.